The molecule has 3 N–H and O–H groups in total. The van der Waals surface area contributed by atoms with E-state index in [1.165, 1.54) is 30.4 Å². The lowest BCUT2D eigenvalue weighted by atomic mass is 9.63. The van der Waals surface area contributed by atoms with Gasteiger partial charge in [-0.15, -0.1) is 0 Å². The summed E-state index contributed by atoms with van der Waals surface area (Å²) in [6.45, 7) is 0. The standard InChI is InChI=1S/C15H20N2O/c16-17-14(18)15(8-3-9-15)13-7-6-11-4-1-2-5-12(11)10-13/h6-7,10H,1-5,8-9,16H2,(H,17,18). The van der Waals surface area contributed by atoms with Crippen LogP contribution in [0.3, 0.4) is 0 Å². The van der Waals surface area contributed by atoms with Crippen LogP contribution >= 0.6 is 0 Å². The highest BCUT2D eigenvalue weighted by Gasteiger charge is 2.45. The van der Waals surface area contributed by atoms with Crippen molar-refractivity contribution in [3.63, 3.8) is 0 Å². The van der Waals surface area contributed by atoms with E-state index in [2.05, 4.69) is 23.6 Å². The van der Waals surface area contributed by atoms with E-state index in [1.807, 2.05) is 0 Å². The Hall–Kier alpha value is -1.35. The number of benzene rings is 1. The lowest BCUT2D eigenvalue weighted by Crippen LogP contribution is -2.51. The smallest absolute Gasteiger partial charge is 0.244 e. The fourth-order valence-corrected chi connectivity index (χ4v) is 3.35. The Morgan fingerprint density at radius 3 is 2.44 bits per heavy atom. The zero-order chi connectivity index (χ0) is 12.6. The average Bonchev–Trinajstić information content (AvgIpc) is 2.37. The van der Waals surface area contributed by atoms with Gasteiger partial charge in [-0.25, -0.2) is 5.84 Å². The second-order valence-electron chi connectivity index (χ2n) is 5.60. The molecular weight excluding hydrogens is 224 g/mol. The van der Waals surface area contributed by atoms with E-state index in [0.717, 1.165) is 31.2 Å². The van der Waals surface area contributed by atoms with Crippen molar-refractivity contribution >= 4 is 5.91 Å². The fraction of sp³-hybridized carbons (Fsp3) is 0.533. The molecule has 18 heavy (non-hydrogen) atoms. The first-order valence-corrected chi connectivity index (χ1v) is 6.90. The third-order valence-electron chi connectivity index (χ3n) is 4.67. The number of hydrogen-bond acceptors (Lipinski definition) is 2. The van der Waals surface area contributed by atoms with Gasteiger partial charge in [0, 0.05) is 0 Å². The fourth-order valence-electron chi connectivity index (χ4n) is 3.35. The molecule has 96 valence electrons. The van der Waals surface area contributed by atoms with Gasteiger partial charge >= 0.3 is 0 Å². The van der Waals surface area contributed by atoms with Gasteiger partial charge < -0.3 is 0 Å². The molecule has 1 aromatic carbocycles. The van der Waals surface area contributed by atoms with Gasteiger partial charge in [0.05, 0.1) is 5.41 Å². The first-order chi connectivity index (χ1) is 8.76. The van der Waals surface area contributed by atoms with Gasteiger partial charge in [0.15, 0.2) is 0 Å². The van der Waals surface area contributed by atoms with Crippen molar-refractivity contribution in [3.8, 4) is 0 Å². The van der Waals surface area contributed by atoms with E-state index in [-0.39, 0.29) is 11.3 Å². The van der Waals surface area contributed by atoms with Crippen LogP contribution in [0.25, 0.3) is 0 Å². The number of carbonyl (C=O) groups excluding carboxylic acids is 1. The van der Waals surface area contributed by atoms with Crippen LogP contribution < -0.4 is 11.3 Å². The summed E-state index contributed by atoms with van der Waals surface area (Å²) in [6.07, 6.45) is 7.87. The second-order valence-corrected chi connectivity index (χ2v) is 5.60. The van der Waals surface area contributed by atoms with Gasteiger partial charge in [-0.05, 0) is 55.2 Å². The lowest BCUT2D eigenvalue weighted by Gasteiger charge is -2.40. The van der Waals surface area contributed by atoms with Gasteiger partial charge in [0.25, 0.3) is 0 Å². The van der Waals surface area contributed by atoms with Crippen molar-refractivity contribution in [1.82, 2.24) is 5.43 Å². The Bertz CT molecular complexity index is 477. The minimum absolute atomic E-state index is 0.0236. The Morgan fingerprint density at radius 2 is 1.83 bits per heavy atom. The molecule has 0 saturated heterocycles. The normalized spacial score (nSPS) is 20.7. The predicted molar refractivity (Wildman–Crippen MR) is 70.9 cm³/mol. The summed E-state index contributed by atoms with van der Waals surface area (Å²) in [5.41, 5.74) is 6.07. The molecule has 2 aliphatic carbocycles. The van der Waals surface area contributed by atoms with Gasteiger partial charge in [0.1, 0.15) is 0 Å². The van der Waals surface area contributed by atoms with Crippen molar-refractivity contribution in [3.05, 3.63) is 34.9 Å². The SMILES string of the molecule is NNC(=O)C1(c2ccc3c(c2)CCCC3)CCC1. The first-order valence-electron chi connectivity index (χ1n) is 6.90. The van der Waals surface area contributed by atoms with E-state index in [0.29, 0.717) is 0 Å². The summed E-state index contributed by atoms with van der Waals surface area (Å²) in [4.78, 5) is 12.0. The molecule has 1 aromatic rings. The molecule has 0 heterocycles. The summed E-state index contributed by atoms with van der Waals surface area (Å²) >= 11 is 0. The molecule has 0 atom stereocenters. The highest BCUT2D eigenvalue weighted by molar-refractivity contribution is 5.88. The van der Waals surface area contributed by atoms with Crippen molar-refractivity contribution in [2.75, 3.05) is 0 Å². The third-order valence-corrected chi connectivity index (χ3v) is 4.67. The van der Waals surface area contributed by atoms with Gasteiger partial charge in [-0.1, -0.05) is 24.6 Å². The molecular formula is C15H20N2O. The van der Waals surface area contributed by atoms with Gasteiger partial charge in [0.2, 0.25) is 5.91 Å². The lowest BCUT2D eigenvalue weighted by molar-refractivity contribution is -0.130. The largest absolute Gasteiger partial charge is 0.293 e. The molecule has 2 aliphatic rings. The van der Waals surface area contributed by atoms with Crippen molar-refractivity contribution in [1.29, 1.82) is 0 Å². The molecule has 0 unspecified atom stereocenters. The topological polar surface area (TPSA) is 55.1 Å². The maximum absolute atomic E-state index is 12.0. The van der Waals surface area contributed by atoms with E-state index in [4.69, 9.17) is 5.84 Å². The van der Waals surface area contributed by atoms with Crippen molar-refractivity contribution in [2.45, 2.75) is 50.4 Å². The summed E-state index contributed by atoms with van der Waals surface area (Å²) in [7, 11) is 0. The second kappa shape index (κ2) is 4.39. The number of nitrogens with one attached hydrogen (secondary N) is 1. The van der Waals surface area contributed by atoms with Crippen LogP contribution in [-0.4, -0.2) is 5.91 Å². The molecule has 1 fully saturated rings. The van der Waals surface area contributed by atoms with Crippen molar-refractivity contribution < 1.29 is 4.79 Å². The number of nitrogens with two attached hydrogens (primary N) is 1. The molecule has 3 nitrogen and oxygen atoms in total. The zero-order valence-corrected chi connectivity index (χ0v) is 10.7. The highest BCUT2D eigenvalue weighted by Crippen LogP contribution is 2.44. The van der Waals surface area contributed by atoms with Gasteiger partial charge in [-0.3, -0.25) is 10.2 Å². The predicted octanol–water partition coefficient (Wildman–Crippen LogP) is 1.98. The molecule has 0 radical (unpaired) electrons. The first kappa shape index (κ1) is 11.7. The Labute approximate surface area is 108 Å². The van der Waals surface area contributed by atoms with Crippen LogP contribution in [0.1, 0.15) is 48.8 Å². The van der Waals surface area contributed by atoms with E-state index in [9.17, 15) is 4.79 Å². The number of hydrogen-bond donors (Lipinski definition) is 2. The molecule has 3 rings (SSSR count). The minimum atomic E-state index is -0.346. The van der Waals surface area contributed by atoms with Gasteiger partial charge in [-0.2, -0.15) is 0 Å². The van der Waals surface area contributed by atoms with E-state index < -0.39 is 0 Å². The maximum atomic E-state index is 12.0. The van der Waals surface area contributed by atoms with Crippen LogP contribution in [0.4, 0.5) is 0 Å². The molecule has 1 amide bonds. The number of carbonyl (C=O) groups is 1. The van der Waals surface area contributed by atoms with Crippen LogP contribution in [0.15, 0.2) is 18.2 Å². The summed E-state index contributed by atoms with van der Waals surface area (Å²) in [6, 6.07) is 6.61. The number of hydrazine groups is 1. The average molecular weight is 244 g/mol. The quantitative estimate of drug-likeness (QED) is 0.475. The number of rotatable bonds is 2. The van der Waals surface area contributed by atoms with Crippen LogP contribution in [0, 0.1) is 0 Å². The van der Waals surface area contributed by atoms with Crippen LogP contribution in [0.2, 0.25) is 0 Å². The zero-order valence-electron chi connectivity index (χ0n) is 10.7. The number of amides is 1. The summed E-state index contributed by atoms with van der Waals surface area (Å²) in [5.74, 6) is 5.32. The summed E-state index contributed by atoms with van der Waals surface area (Å²) < 4.78 is 0. The molecule has 1 saturated carbocycles. The van der Waals surface area contributed by atoms with Crippen molar-refractivity contribution in [2.24, 2.45) is 5.84 Å². The van der Waals surface area contributed by atoms with E-state index in [1.54, 1.807) is 0 Å². The summed E-state index contributed by atoms with van der Waals surface area (Å²) in [5, 5.41) is 0. The molecule has 0 aliphatic heterocycles. The monoisotopic (exact) mass is 244 g/mol. The third kappa shape index (κ3) is 1.65. The molecule has 0 bridgehead atoms. The minimum Gasteiger partial charge on any atom is -0.293 e. The Morgan fingerprint density at radius 1 is 1.11 bits per heavy atom. The molecule has 3 heteroatoms. The maximum Gasteiger partial charge on any atom is 0.244 e. The number of aryl methyl sites for hydroxylation is 2. The highest BCUT2D eigenvalue weighted by atomic mass is 16.2. The van der Waals surface area contributed by atoms with Crippen LogP contribution in [-0.2, 0) is 23.1 Å². The molecule has 0 aromatic heterocycles. The van der Waals surface area contributed by atoms with Crippen LogP contribution in [0.5, 0.6) is 0 Å². The number of fused-ring (bicyclic) bond motifs is 1. The molecule has 0 spiro atoms. The Kier molecular flexibility index (Phi) is 2.86. The Balaban J connectivity index is 1.98. The van der Waals surface area contributed by atoms with E-state index >= 15 is 0 Å².